The van der Waals surface area contributed by atoms with Gasteiger partial charge in [0, 0.05) is 10.7 Å². The summed E-state index contributed by atoms with van der Waals surface area (Å²) in [4.78, 5) is 0. The van der Waals surface area contributed by atoms with Crippen molar-refractivity contribution in [2.45, 2.75) is 0 Å². The van der Waals surface area contributed by atoms with Gasteiger partial charge in [-0.05, 0) is 0 Å². The molecule has 0 saturated heterocycles. The standard InChI is InChI=1S/3BFH2O2.ClHO3S.Li.H/c3*2-1(3)4;1-5(2,3)4;;/h3*3-4H;(H,2,3,4);;/q;;;;+1;-1. The zero-order valence-corrected chi connectivity index (χ0v) is 10.2. The maximum Gasteiger partial charge on any atom is 1.00 e. The summed E-state index contributed by atoms with van der Waals surface area (Å²) in [5.74, 6) is 0. The van der Waals surface area contributed by atoms with Gasteiger partial charge in [-0.1, -0.05) is 0 Å². The first kappa shape index (κ1) is 31.1. The SMILES string of the molecule is O=S(=O)(O)Cl.OB(O)F.OB(O)F.OB(O)F.[H-].[Li+]. The molecule has 18 heteroatoms. The molecule has 0 heterocycles. The molecule has 0 rings (SSSR count). The second-order valence-corrected chi connectivity index (χ2v) is 3.34. The van der Waals surface area contributed by atoms with Gasteiger partial charge in [-0.15, -0.1) is 0 Å². The van der Waals surface area contributed by atoms with Crippen LogP contribution in [0.3, 0.4) is 0 Å². The summed E-state index contributed by atoms with van der Waals surface area (Å²) in [6.45, 7) is 0. The molecule has 18 heavy (non-hydrogen) atoms. The molecule has 0 aromatic rings. The summed E-state index contributed by atoms with van der Waals surface area (Å²) in [7, 11) is -8.14. The molecule has 0 aromatic heterocycles. The van der Waals surface area contributed by atoms with Gasteiger partial charge in [0.05, 0.1) is 0 Å². The molecular formula is H8B3ClF3LiO9S. The van der Waals surface area contributed by atoms with E-state index in [0.29, 0.717) is 0 Å². The zero-order valence-electron chi connectivity index (χ0n) is 9.60. The van der Waals surface area contributed by atoms with E-state index in [0.717, 1.165) is 0 Å². The van der Waals surface area contributed by atoms with Crippen LogP contribution in [0.25, 0.3) is 0 Å². The van der Waals surface area contributed by atoms with Gasteiger partial charge < -0.3 is 31.6 Å². The van der Waals surface area contributed by atoms with Crippen LogP contribution in [0.15, 0.2) is 0 Å². The molecule has 0 bridgehead atoms. The Kier molecular flexibility index (Phi) is 34.3. The fourth-order valence-electron chi connectivity index (χ4n) is 0. The normalized spacial score (nSPS) is 7.72. The summed E-state index contributed by atoms with van der Waals surface area (Å²) in [6.07, 6.45) is 0. The second-order valence-electron chi connectivity index (χ2n) is 1.34. The second kappa shape index (κ2) is 19.9. The minimum Gasteiger partial charge on any atom is -1.00 e. The monoisotopic (exact) mass is 316 g/mol. The summed E-state index contributed by atoms with van der Waals surface area (Å²) in [5.41, 5.74) is 0. The molecule has 0 atom stereocenters. The Morgan fingerprint density at radius 1 is 0.833 bits per heavy atom. The van der Waals surface area contributed by atoms with Gasteiger partial charge in [-0.2, -0.15) is 8.42 Å². The van der Waals surface area contributed by atoms with E-state index < -0.39 is 31.5 Å². The summed E-state index contributed by atoms with van der Waals surface area (Å²) in [5, 5.41) is 41.7. The van der Waals surface area contributed by atoms with Gasteiger partial charge >= 0.3 is 50.4 Å². The summed E-state index contributed by atoms with van der Waals surface area (Å²) in [6, 6.07) is 0. The molecular weight excluding hydrogens is 308 g/mol. The van der Waals surface area contributed by atoms with E-state index in [1.54, 1.807) is 0 Å². The van der Waals surface area contributed by atoms with Crippen molar-refractivity contribution in [1.82, 2.24) is 0 Å². The maximum atomic E-state index is 10.1. The van der Waals surface area contributed by atoms with E-state index in [9.17, 15) is 12.9 Å². The molecule has 0 spiro atoms. The van der Waals surface area contributed by atoms with Crippen molar-refractivity contribution in [2.75, 3.05) is 0 Å². The predicted molar refractivity (Wildman–Crippen MR) is 52.4 cm³/mol. The number of hydrogen-bond donors (Lipinski definition) is 7. The third-order valence-electron chi connectivity index (χ3n) is 0. The summed E-state index contributed by atoms with van der Waals surface area (Å²) < 4.78 is 55.5. The van der Waals surface area contributed by atoms with Crippen molar-refractivity contribution in [3.8, 4) is 0 Å². The first-order valence-corrected chi connectivity index (χ1v) is 5.14. The smallest absolute Gasteiger partial charge is 1.00 e. The van der Waals surface area contributed by atoms with E-state index in [-0.39, 0.29) is 20.3 Å². The summed E-state index contributed by atoms with van der Waals surface area (Å²) >= 11 is 0. The van der Waals surface area contributed by atoms with Gasteiger partial charge in [-0.25, -0.2) is 0 Å². The van der Waals surface area contributed by atoms with Crippen molar-refractivity contribution in [3.05, 3.63) is 0 Å². The Labute approximate surface area is 119 Å². The van der Waals surface area contributed by atoms with Crippen LogP contribution in [-0.4, -0.2) is 65.3 Å². The third kappa shape index (κ3) is 13600. The molecule has 9 nitrogen and oxygen atoms in total. The minimum absolute atomic E-state index is 0. The molecule has 7 N–H and O–H groups in total. The molecule has 0 aromatic carbocycles. The van der Waals surface area contributed by atoms with Crippen LogP contribution in [0, 0.1) is 0 Å². The van der Waals surface area contributed by atoms with Crippen molar-refractivity contribution < 1.29 is 76.3 Å². The molecule has 0 aliphatic carbocycles. The zero-order chi connectivity index (χ0) is 15.2. The van der Waals surface area contributed by atoms with Crippen LogP contribution in [0.2, 0.25) is 0 Å². The first-order valence-electron chi connectivity index (χ1n) is 2.87. The van der Waals surface area contributed by atoms with E-state index in [1.165, 1.54) is 0 Å². The Balaban J connectivity index is -0.0000000288. The molecule has 106 valence electrons. The van der Waals surface area contributed by atoms with Crippen LogP contribution in [-0.2, 0) is 9.33 Å². The molecule has 0 aliphatic heterocycles. The molecule has 0 radical (unpaired) electrons. The van der Waals surface area contributed by atoms with Gasteiger partial charge in [0.25, 0.3) is 0 Å². The van der Waals surface area contributed by atoms with E-state index in [2.05, 4.69) is 10.7 Å². The van der Waals surface area contributed by atoms with Crippen molar-refractivity contribution >= 4 is 42.2 Å². The molecule has 0 amide bonds. The molecule has 0 aliphatic rings. The molecule has 0 fully saturated rings. The van der Waals surface area contributed by atoms with Crippen LogP contribution < -0.4 is 18.9 Å². The molecule has 0 unspecified atom stereocenters. The maximum absolute atomic E-state index is 10.1. The third-order valence-corrected chi connectivity index (χ3v) is 0. The van der Waals surface area contributed by atoms with E-state index in [1.807, 2.05) is 0 Å². The Morgan fingerprint density at radius 3 is 0.833 bits per heavy atom. The largest absolute Gasteiger partial charge is 1.00 e. The predicted octanol–water partition coefficient (Wildman–Crippen LogP) is -6.08. The quantitative estimate of drug-likeness (QED) is 0.130. The van der Waals surface area contributed by atoms with Crippen molar-refractivity contribution in [3.63, 3.8) is 0 Å². The van der Waals surface area contributed by atoms with Gasteiger partial charge in [0.15, 0.2) is 0 Å². The average molecular weight is 316 g/mol. The fourth-order valence-corrected chi connectivity index (χ4v) is 0. The van der Waals surface area contributed by atoms with Crippen molar-refractivity contribution in [2.24, 2.45) is 0 Å². The van der Waals surface area contributed by atoms with Crippen LogP contribution >= 0.6 is 10.7 Å². The van der Waals surface area contributed by atoms with Gasteiger partial charge in [-0.3, -0.25) is 17.5 Å². The number of rotatable bonds is 0. The fraction of sp³-hybridized carbons (Fsp3) is 0. The van der Waals surface area contributed by atoms with Crippen LogP contribution in [0.5, 0.6) is 0 Å². The Hall–Kier alpha value is 0.542. The van der Waals surface area contributed by atoms with Crippen LogP contribution in [0.1, 0.15) is 1.43 Å². The average Bonchev–Trinajstić information content (AvgIpc) is 1.73. The van der Waals surface area contributed by atoms with Crippen LogP contribution in [0.4, 0.5) is 12.9 Å². The number of halogens is 4. The molecule has 0 saturated carbocycles. The van der Waals surface area contributed by atoms with E-state index >= 15 is 0 Å². The van der Waals surface area contributed by atoms with Gasteiger partial charge in [0.1, 0.15) is 0 Å². The van der Waals surface area contributed by atoms with Crippen molar-refractivity contribution in [1.29, 1.82) is 0 Å². The topological polar surface area (TPSA) is 176 Å². The minimum atomic E-state index is -4.19. The van der Waals surface area contributed by atoms with Gasteiger partial charge in [0.2, 0.25) is 0 Å². The Morgan fingerprint density at radius 2 is 0.833 bits per heavy atom. The Bertz CT molecular complexity index is 200. The number of hydrogen-bond acceptors (Lipinski definition) is 8. The first-order chi connectivity index (χ1) is 7.20. The van der Waals surface area contributed by atoms with E-state index in [4.69, 9.17) is 43.1 Å².